The smallest absolute Gasteiger partial charge is 0.408 e. The fraction of sp³-hybridized carbons (Fsp3) is 0.625. The van der Waals surface area contributed by atoms with E-state index in [0.29, 0.717) is 11.1 Å². The van der Waals surface area contributed by atoms with E-state index in [2.05, 4.69) is 10.6 Å². The molecule has 1 aromatic carbocycles. The van der Waals surface area contributed by atoms with Gasteiger partial charge in [-0.25, -0.2) is 4.79 Å². The number of carbonyl (C=O) groups is 3. The van der Waals surface area contributed by atoms with Crippen molar-refractivity contribution in [3.05, 3.63) is 29.3 Å². The summed E-state index contributed by atoms with van der Waals surface area (Å²) in [5, 5.41) is 16.2. The number of nitrogens with one attached hydrogen (secondary N) is 2. The number of hydrogen-bond acceptors (Lipinski definition) is 5. The molecular formula is C24H39N3O5. The molecular weight excluding hydrogens is 410 g/mol. The zero-order chi connectivity index (χ0) is 25.0. The van der Waals surface area contributed by atoms with Crippen molar-refractivity contribution in [3.8, 4) is 5.75 Å². The predicted molar refractivity (Wildman–Crippen MR) is 124 cm³/mol. The molecule has 0 aliphatic rings. The van der Waals surface area contributed by atoms with Gasteiger partial charge in [0.25, 0.3) is 0 Å². The summed E-state index contributed by atoms with van der Waals surface area (Å²) in [4.78, 5) is 40.3. The van der Waals surface area contributed by atoms with Crippen molar-refractivity contribution in [3.63, 3.8) is 0 Å². The monoisotopic (exact) mass is 449 g/mol. The highest BCUT2D eigenvalue weighted by Crippen LogP contribution is 2.32. The maximum absolute atomic E-state index is 13.5. The fourth-order valence-electron chi connectivity index (χ4n) is 3.16. The number of likely N-dealkylation sites (N-methyl/N-ethyl adjacent to an activating group) is 1. The highest BCUT2D eigenvalue weighted by atomic mass is 16.6. The number of phenols is 1. The third-order valence-corrected chi connectivity index (χ3v) is 4.65. The number of rotatable bonds is 6. The van der Waals surface area contributed by atoms with Crippen LogP contribution in [0.4, 0.5) is 4.79 Å². The molecule has 32 heavy (non-hydrogen) atoms. The maximum Gasteiger partial charge on any atom is 0.408 e. The molecule has 0 aromatic heterocycles. The first kappa shape index (κ1) is 27.3. The largest absolute Gasteiger partial charge is 0.507 e. The third kappa shape index (κ3) is 7.73. The van der Waals surface area contributed by atoms with Crippen LogP contribution in [0.2, 0.25) is 0 Å². The number of alkyl carbamates (subject to hydrolysis) is 1. The van der Waals surface area contributed by atoms with Gasteiger partial charge < -0.3 is 25.4 Å². The van der Waals surface area contributed by atoms with E-state index in [9.17, 15) is 19.5 Å². The Hall–Kier alpha value is -2.77. The summed E-state index contributed by atoms with van der Waals surface area (Å²) in [6.45, 7) is 16.0. The second kappa shape index (κ2) is 10.2. The summed E-state index contributed by atoms with van der Waals surface area (Å²) in [6, 6.07) is 3.04. The Morgan fingerprint density at radius 1 is 1.06 bits per heavy atom. The number of para-hydroxylation sites is 1. The van der Waals surface area contributed by atoms with Crippen LogP contribution >= 0.6 is 0 Å². The summed E-state index contributed by atoms with van der Waals surface area (Å²) < 4.78 is 5.30. The Labute approximate surface area is 191 Å². The van der Waals surface area contributed by atoms with E-state index in [-0.39, 0.29) is 11.7 Å². The predicted octanol–water partition coefficient (Wildman–Crippen LogP) is 3.66. The van der Waals surface area contributed by atoms with Crippen molar-refractivity contribution in [2.75, 3.05) is 7.05 Å². The zero-order valence-electron chi connectivity index (χ0n) is 21.0. The van der Waals surface area contributed by atoms with Gasteiger partial charge in [-0.05, 0) is 59.9 Å². The second-order valence-electron chi connectivity index (χ2n) is 10.5. The van der Waals surface area contributed by atoms with Crippen molar-refractivity contribution in [2.24, 2.45) is 5.92 Å². The molecule has 3 amide bonds. The average Bonchev–Trinajstić information content (AvgIpc) is 2.59. The number of aryl methyl sites for hydroxylation is 1. The van der Waals surface area contributed by atoms with E-state index in [4.69, 9.17) is 4.74 Å². The summed E-state index contributed by atoms with van der Waals surface area (Å²) in [5.74, 6) is -1.23. The lowest BCUT2D eigenvalue weighted by molar-refractivity contribution is -0.142. The SMILES string of the molecule is Cc1cccc(C(C(=O)NC(C)(C)C)N(C)C(=O)C(NC(=O)OC(C)(C)C)C(C)C)c1O. The van der Waals surface area contributed by atoms with Crippen LogP contribution in [0.25, 0.3) is 0 Å². The first-order valence-electron chi connectivity index (χ1n) is 10.8. The molecule has 2 atom stereocenters. The summed E-state index contributed by atoms with van der Waals surface area (Å²) >= 11 is 0. The van der Waals surface area contributed by atoms with Crippen LogP contribution in [-0.4, -0.2) is 52.1 Å². The van der Waals surface area contributed by atoms with Crippen molar-refractivity contribution in [1.82, 2.24) is 15.5 Å². The normalized spacial score (nSPS) is 13.8. The van der Waals surface area contributed by atoms with E-state index >= 15 is 0 Å². The summed E-state index contributed by atoms with van der Waals surface area (Å²) in [7, 11) is 1.49. The number of carbonyl (C=O) groups excluding carboxylic acids is 3. The maximum atomic E-state index is 13.5. The van der Waals surface area contributed by atoms with Crippen LogP contribution in [-0.2, 0) is 14.3 Å². The Balaban J connectivity index is 3.35. The molecule has 0 heterocycles. The molecule has 0 fully saturated rings. The molecule has 2 unspecified atom stereocenters. The highest BCUT2D eigenvalue weighted by molar-refractivity contribution is 5.92. The van der Waals surface area contributed by atoms with E-state index in [0.717, 1.165) is 0 Å². The van der Waals surface area contributed by atoms with E-state index < -0.39 is 41.1 Å². The lowest BCUT2D eigenvalue weighted by Crippen LogP contribution is -2.55. The van der Waals surface area contributed by atoms with Crippen LogP contribution in [0.15, 0.2) is 18.2 Å². The number of aromatic hydroxyl groups is 1. The van der Waals surface area contributed by atoms with E-state index in [1.807, 2.05) is 20.8 Å². The molecule has 0 saturated carbocycles. The van der Waals surface area contributed by atoms with Crippen LogP contribution in [0, 0.1) is 12.8 Å². The number of ether oxygens (including phenoxy) is 1. The van der Waals surface area contributed by atoms with Gasteiger partial charge in [-0.1, -0.05) is 32.0 Å². The molecule has 8 nitrogen and oxygen atoms in total. The quantitative estimate of drug-likeness (QED) is 0.614. The molecule has 1 aromatic rings. The minimum absolute atomic E-state index is 0.0533. The topological polar surface area (TPSA) is 108 Å². The molecule has 180 valence electrons. The van der Waals surface area contributed by atoms with Gasteiger partial charge in [0.2, 0.25) is 11.8 Å². The summed E-state index contributed by atoms with van der Waals surface area (Å²) in [6.07, 6.45) is -0.716. The number of phenolic OH excluding ortho intramolecular Hbond substituents is 1. The molecule has 8 heteroatoms. The molecule has 0 spiro atoms. The van der Waals surface area contributed by atoms with Crippen LogP contribution < -0.4 is 10.6 Å². The van der Waals surface area contributed by atoms with Crippen LogP contribution in [0.3, 0.4) is 0 Å². The lowest BCUT2D eigenvalue weighted by Gasteiger charge is -2.34. The van der Waals surface area contributed by atoms with Gasteiger partial charge in [-0.2, -0.15) is 0 Å². The molecule has 3 N–H and O–H groups in total. The molecule has 1 rings (SSSR count). The fourth-order valence-corrected chi connectivity index (χ4v) is 3.16. The number of benzene rings is 1. The van der Waals surface area contributed by atoms with Gasteiger partial charge in [0.1, 0.15) is 23.4 Å². The molecule has 0 radical (unpaired) electrons. The van der Waals surface area contributed by atoms with Gasteiger partial charge in [0, 0.05) is 18.2 Å². The van der Waals surface area contributed by atoms with Gasteiger partial charge in [0.15, 0.2) is 0 Å². The standard InChI is InChI=1S/C24H39N3O5/c1-14(2)17(25-22(31)32-24(7,8)9)21(30)27(10)18(20(29)26-23(4,5)6)16-13-11-12-15(3)19(16)28/h11-14,17-18,28H,1-10H3,(H,25,31)(H,26,29). The lowest BCUT2D eigenvalue weighted by atomic mass is 9.97. The third-order valence-electron chi connectivity index (χ3n) is 4.65. The Kier molecular flexibility index (Phi) is 8.72. The van der Waals surface area contributed by atoms with Gasteiger partial charge in [-0.3, -0.25) is 9.59 Å². The molecule has 0 aliphatic carbocycles. The second-order valence-corrected chi connectivity index (χ2v) is 10.5. The van der Waals surface area contributed by atoms with Crippen LogP contribution in [0.5, 0.6) is 5.75 Å². The Morgan fingerprint density at radius 3 is 2.09 bits per heavy atom. The number of hydrogen-bond donors (Lipinski definition) is 3. The molecule has 0 bridgehead atoms. The van der Waals surface area contributed by atoms with Crippen molar-refractivity contribution in [1.29, 1.82) is 0 Å². The zero-order valence-corrected chi connectivity index (χ0v) is 21.0. The van der Waals surface area contributed by atoms with Crippen molar-refractivity contribution in [2.45, 2.75) is 85.5 Å². The van der Waals surface area contributed by atoms with Gasteiger partial charge in [-0.15, -0.1) is 0 Å². The first-order chi connectivity index (χ1) is 14.4. The Bertz CT molecular complexity index is 837. The Morgan fingerprint density at radius 2 is 1.62 bits per heavy atom. The van der Waals surface area contributed by atoms with E-state index in [1.165, 1.54) is 11.9 Å². The minimum Gasteiger partial charge on any atom is -0.507 e. The average molecular weight is 450 g/mol. The first-order valence-corrected chi connectivity index (χ1v) is 10.8. The summed E-state index contributed by atoms with van der Waals surface area (Å²) in [5.41, 5.74) is -0.375. The molecule has 0 saturated heterocycles. The van der Waals surface area contributed by atoms with E-state index in [1.54, 1.807) is 59.7 Å². The van der Waals surface area contributed by atoms with Crippen molar-refractivity contribution >= 4 is 17.9 Å². The van der Waals surface area contributed by atoms with Gasteiger partial charge in [0.05, 0.1) is 0 Å². The number of nitrogens with zero attached hydrogens (tertiary/aromatic N) is 1. The van der Waals surface area contributed by atoms with Gasteiger partial charge >= 0.3 is 6.09 Å². The number of amides is 3. The van der Waals surface area contributed by atoms with Crippen LogP contribution in [0.1, 0.15) is 72.6 Å². The highest BCUT2D eigenvalue weighted by Gasteiger charge is 2.37. The molecule has 0 aliphatic heterocycles. The van der Waals surface area contributed by atoms with Crippen molar-refractivity contribution < 1.29 is 24.2 Å². The minimum atomic E-state index is -1.09.